The fourth-order valence-corrected chi connectivity index (χ4v) is 5.74. The molecule has 0 aliphatic carbocycles. The highest BCUT2D eigenvalue weighted by Gasteiger charge is 2.17. The molecule has 0 spiro atoms. The summed E-state index contributed by atoms with van der Waals surface area (Å²) < 4.78 is 0. The molecule has 0 fully saturated rings. The summed E-state index contributed by atoms with van der Waals surface area (Å²) in [5.41, 5.74) is 11.2. The van der Waals surface area contributed by atoms with Crippen LogP contribution in [0.5, 0.6) is 0 Å². The van der Waals surface area contributed by atoms with E-state index in [1.165, 1.54) is 0 Å². The van der Waals surface area contributed by atoms with Crippen molar-refractivity contribution >= 4 is 36.3 Å². The van der Waals surface area contributed by atoms with E-state index in [1.54, 1.807) is 36.4 Å². The molecular formula is C42H28O4. The predicted molar refractivity (Wildman–Crippen MR) is 183 cm³/mol. The van der Waals surface area contributed by atoms with Crippen molar-refractivity contribution in [2.24, 2.45) is 0 Å². The zero-order valence-electron chi connectivity index (χ0n) is 24.8. The van der Waals surface area contributed by atoms with Crippen molar-refractivity contribution in [1.82, 2.24) is 0 Å². The smallest absolute Gasteiger partial charge is 0.150 e. The molecule has 0 N–H and O–H groups in total. The highest BCUT2D eigenvalue weighted by molar-refractivity contribution is 6.05. The van der Waals surface area contributed by atoms with Crippen molar-refractivity contribution in [2.75, 3.05) is 0 Å². The summed E-state index contributed by atoms with van der Waals surface area (Å²) >= 11 is 0. The van der Waals surface area contributed by atoms with Crippen LogP contribution in [0.4, 0.5) is 0 Å². The van der Waals surface area contributed by atoms with Gasteiger partial charge in [-0.25, -0.2) is 0 Å². The van der Waals surface area contributed by atoms with Crippen LogP contribution in [0.3, 0.4) is 0 Å². The second-order valence-electron chi connectivity index (χ2n) is 10.9. The van der Waals surface area contributed by atoms with Gasteiger partial charge in [0.2, 0.25) is 0 Å². The first kappa shape index (κ1) is 29.8. The molecule has 0 unspecified atom stereocenters. The van der Waals surface area contributed by atoms with Gasteiger partial charge in [-0.3, -0.25) is 19.2 Å². The van der Waals surface area contributed by atoms with Crippen LogP contribution in [0, 0.1) is 0 Å². The van der Waals surface area contributed by atoms with E-state index in [4.69, 9.17) is 0 Å². The first-order valence-electron chi connectivity index (χ1n) is 14.8. The molecule has 6 aromatic rings. The van der Waals surface area contributed by atoms with E-state index in [-0.39, 0.29) is 0 Å². The Morgan fingerprint density at radius 2 is 0.587 bits per heavy atom. The molecule has 0 aliphatic rings. The number of carbonyl (C=O) groups is 4. The summed E-state index contributed by atoms with van der Waals surface area (Å²) in [5.74, 6) is 0. The lowest BCUT2D eigenvalue weighted by Gasteiger charge is -2.19. The van der Waals surface area contributed by atoms with Crippen LogP contribution in [-0.4, -0.2) is 25.1 Å². The first-order chi connectivity index (χ1) is 22.6. The van der Waals surface area contributed by atoms with E-state index in [1.807, 2.05) is 60.7 Å². The van der Waals surface area contributed by atoms with Crippen molar-refractivity contribution in [1.29, 1.82) is 0 Å². The molecule has 4 nitrogen and oxygen atoms in total. The van der Waals surface area contributed by atoms with E-state index in [0.29, 0.717) is 22.3 Å². The Morgan fingerprint density at radius 1 is 0.304 bits per heavy atom. The Kier molecular flexibility index (Phi) is 8.80. The van der Waals surface area contributed by atoms with Gasteiger partial charge in [0.05, 0.1) is 0 Å². The van der Waals surface area contributed by atoms with Crippen molar-refractivity contribution in [3.8, 4) is 22.3 Å². The third-order valence-corrected chi connectivity index (χ3v) is 7.89. The fourth-order valence-electron chi connectivity index (χ4n) is 5.74. The summed E-state index contributed by atoms with van der Waals surface area (Å²) in [7, 11) is 0. The zero-order chi connectivity index (χ0) is 31.9. The molecule has 0 heterocycles. The maximum atomic E-state index is 11.5. The third kappa shape index (κ3) is 6.33. The number of aldehydes is 4. The Balaban J connectivity index is 1.54. The monoisotopic (exact) mass is 596 g/mol. The Labute approximate surface area is 267 Å². The molecule has 6 rings (SSSR count). The summed E-state index contributed by atoms with van der Waals surface area (Å²) in [6.07, 6.45) is 2.99. The Bertz CT molecular complexity index is 1870. The lowest BCUT2D eigenvalue weighted by molar-refractivity contribution is 0.111. The van der Waals surface area contributed by atoms with Crippen molar-refractivity contribution in [2.45, 2.75) is 0 Å². The normalized spacial score (nSPS) is 10.5. The van der Waals surface area contributed by atoms with Gasteiger partial charge in [0, 0.05) is 22.3 Å². The van der Waals surface area contributed by atoms with Crippen LogP contribution in [0.1, 0.15) is 63.7 Å². The van der Waals surface area contributed by atoms with E-state index < -0.39 is 0 Å². The molecule has 220 valence electrons. The number of benzene rings is 6. The minimum absolute atomic E-state index is 0.443. The van der Waals surface area contributed by atoms with Crippen molar-refractivity contribution < 1.29 is 19.2 Å². The van der Waals surface area contributed by atoms with Crippen LogP contribution in [-0.2, 0) is 0 Å². The van der Waals surface area contributed by atoms with Crippen molar-refractivity contribution in [3.63, 3.8) is 0 Å². The average molecular weight is 597 g/mol. The van der Waals surface area contributed by atoms with Gasteiger partial charge in [0.1, 0.15) is 25.1 Å². The fraction of sp³-hybridized carbons (Fsp3) is 0. The van der Waals surface area contributed by atoms with Crippen LogP contribution in [0.2, 0.25) is 0 Å². The zero-order valence-corrected chi connectivity index (χ0v) is 24.8. The molecule has 0 saturated heterocycles. The van der Waals surface area contributed by atoms with E-state index >= 15 is 0 Å². The molecule has 0 bridgehead atoms. The lowest BCUT2D eigenvalue weighted by atomic mass is 9.85. The van der Waals surface area contributed by atoms with Gasteiger partial charge >= 0.3 is 0 Å². The van der Waals surface area contributed by atoms with Crippen LogP contribution >= 0.6 is 0 Å². The Hall–Kier alpha value is -6.26. The van der Waals surface area contributed by atoms with Crippen LogP contribution < -0.4 is 0 Å². The van der Waals surface area contributed by atoms with Gasteiger partial charge in [0.15, 0.2) is 0 Å². The molecule has 46 heavy (non-hydrogen) atoms. The van der Waals surface area contributed by atoms with E-state index in [2.05, 4.69) is 48.5 Å². The quantitative estimate of drug-likeness (QED) is 0.117. The summed E-state index contributed by atoms with van der Waals surface area (Å²) in [5, 5.41) is 0. The maximum absolute atomic E-state index is 11.5. The van der Waals surface area contributed by atoms with Gasteiger partial charge < -0.3 is 0 Å². The van der Waals surface area contributed by atoms with Gasteiger partial charge in [0.25, 0.3) is 0 Å². The molecule has 0 amide bonds. The summed E-state index contributed by atoms with van der Waals surface area (Å²) in [6.45, 7) is 0. The van der Waals surface area contributed by atoms with Gasteiger partial charge in [-0.05, 0) is 92.1 Å². The van der Waals surface area contributed by atoms with E-state index in [0.717, 1.165) is 80.8 Å². The minimum atomic E-state index is 0.443. The minimum Gasteiger partial charge on any atom is -0.298 e. The molecule has 4 heteroatoms. The predicted octanol–water partition coefficient (Wildman–Crippen LogP) is 9.28. The van der Waals surface area contributed by atoms with Gasteiger partial charge in [-0.15, -0.1) is 0 Å². The second-order valence-corrected chi connectivity index (χ2v) is 10.9. The van der Waals surface area contributed by atoms with Crippen LogP contribution in [0.15, 0.2) is 146 Å². The highest BCUT2D eigenvalue weighted by Crippen LogP contribution is 2.38. The van der Waals surface area contributed by atoms with Crippen LogP contribution in [0.25, 0.3) is 33.4 Å². The second kappa shape index (κ2) is 13.6. The first-order valence-corrected chi connectivity index (χ1v) is 14.8. The molecular weight excluding hydrogens is 568 g/mol. The topological polar surface area (TPSA) is 68.3 Å². The number of carbonyl (C=O) groups excluding carboxylic acids is 4. The molecule has 0 aromatic heterocycles. The molecule has 0 saturated carbocycles. The molecule has 0 atom stereocenters. The number of hydrogen-bond acceptors (Lipinski definition) is 4. The highest BCUT2D eigenvalue weighted by atomic mass is 16.1. The maximum Gasteiger partial charge on any atom is 0.150 e. The van der Waals surface area contributed by atoms with Crippen molar-refractivity contribution in [3.05, 3.63) is 190 Å². The molecule has 0 radical (unpaired) electrons. The molecule has 0 aliphatic heterocycles. The Morgan fingerprint density at radius 3 is 0.870 bits per heavy atom. The largest absolute Gasteiger partial charge is 0.298 e. The van der Waals surface area contributed by atoms with Gasteiger partial charge in [-0.2, -0.15) is 0 Å². The number of hydrogen-bond donors (Lipinski definition) is 0. The lowest BCUT2D eigenvalue weighted by Crippen LogP contribution is -1.98. The van der Waals surface area contributed by atoms with Gasteiger partial charge in [-0.1, -0.05) is 109 Å². The standard InChI is InChI=1S/C42H28O4/c43-25-29-19-30(26-44)22-39(21-29)33-11-15-37(16-12-33)42(41(35-7-3-1-4-8-35)36-9-5-2-6-10-36)38-17-13-34(14-18-38)40-23-31(27-45)20-32(24-40)28-46/h1-28H. The van der Waals surface area contributed by atoms with E-state index in [9.17, 15) is 19.2 Å². The average Bonchev–Trinajstić information content (AvgIpc) is 3.14. The third-order valence-electron chi connectivity index (χ3n) is 7.89. The molecule has 6 aromatic carbocycles. The summed E-state index contributed by atoms with van der Waals surface area (Å²) in [4.78, 5) is 46.1. The SMILES string of the molecule is O=Cc1cc(C=O)cc(-c2ccc(C(=C(c3ccccc3)c3ccccc3)c3ccc(-c4cc(C=O)cc(C=O)c4)cc3)cc2)c1. The number of rotatable bonds is 10. The summed E-state index contributed by atoms with van der Waals surface area (Å²) in [6, 6.07) is 47.0.